The van der Waals surface area contributed by atoms with Crippen LogP contribution in [0.2, 0.25) is 0 Å². The van der Waals surface area contributed by atoms with Gasteiger partial charge in [0.25, 0.3) is 5.92 Å². The number of rotatable bonds is 3. The molecular formula is C17H17F2N3O3. The summed E-state index contributed by atoms with van der Waals surface area (Å²) in [7, 11) is 2.98. The van der Waals surface area contributed by atoms with Gasteiger partial charge in [-0.2, -0.15) is 5.26 Å². The SMILES string of the molecule is COc1ccc2[nH]cc(C#N)c(=O)c2c1OC1CCN(C)CC1(F)F. The zero-order valence-electron chi connectivity index (χ0n) is 13.8. The summed E-state index contributed by atoms with van der Waals surface area (Å²) in [4.78, 5) is 16.9. The molecule has 1 aromatic carbocycles. The number of alkyl halides is 2. The number of pyridine rings is 1. The normalized spacial score (nSPS) is 20.2. The minimum atomic E-state index is -3.07. The zero-order valence-corrected chi connectivity index (χ0v) is 13.8. The summed E-state index contributed by atoms with van der Waals surface area (Å²) < 4.78 is 39.5. The number of halogens is 2. The zero-order chi connectivity index (χ0) is 18.2. The number of piperidine rings is 1. The lowest BCUT2D eigenvalue weighted by Gasteiger charge is -2.36. The smallest absolute Gasteiger partial charge is 0.296 e. The number of hydrogen-bond acceptors (Lipinski definition) is 5. The number of aromatic amines is 1. The number of H-pyrrole nitrogens is 1. The molecule has 25 heavy (non-hydrogen) atoms. The van der Waals surface area contributed by atoms with Crippen LogP contribution < -0.4 is 14.9 Å². The van der Waals surface area contributed by atoms with Crippen molar-refractivity contribution in [1.82, 2.24) is 9.88 Å². The number of fused-ring (bicyclic) bond motifs is 1. The third-order valence-electron chi connectivity index (χ3n) is 4.29. The van der Waals surface area contributed by atoms with Gasteiger partial charge in [0.1, 0.15) is 11.6 Å². The van der Waals surface area contributed by atoms with Crippen molar-refractivity contribution in [3.8, 4) is 17.6 Å². The molecule has 2 aromatic rings. The Labute approximate surface area is 142 Å². The van der Waals surface area contributed by atoms with E-state index < -0.39 is 24.0 Å². The van der Waals surface area contributed by atoms with Gasteiger partial charge in [0.15, 0.2) is 17.6 Å². The Morgan fingerprint density at radius 3 is 2.84 bits per heavy atom. The van der Waals surface area contributed by atoms with E-state index in [-0.39, 0.29) is 28.9 Å². The summed E-state index contributed by atoms with van der Waals surface area (Å²) in [6.45, 7) is 0.0255. The van der Waals surface area contributed by atoms with E-state index in [0.717, 1.165) is 0 Å². The van der Waals surface area contributed by atoms with E-state index in [1.807, 2.05) is 0 Å². The molecule has 0 bridgehead atoms. The molecule has 1 unspecified atom stereocenters. The van der Waals surface area contributed by atoms with Crippen molar-refractivity contribution in [3.63, 3.8) is 0 Å². The number of aromatic nitrogens is 1. The lowest BCUT2D eigenvalue weighted by Crippen LogP contribution is -2.52. The first-order chi connectivity index (χ1) is 11.9. The van der Waals surface area contributed by atoms with Crippen LogP contribution in [0.4, 0.5) is 8.78 Å². The molecule has 0 saturated carbocycles. The van der Waals surface area contributed by atoms with Crippen LogP contribution in [-0.4, -0.2) is 49.2 Å². The fourth-order valence-corrected chi connectivity index (χ4v) is 3.00. The Bertz CT molecular complexity index is 904. The molecule has 0 spiro atoms. The Balaban J connectivity index is 2.14. The number of ether oxygens (including phenoxy) is 2. The average Bonchev–Trinajstić information content (AvgIpc) is 2.57. The van der Waals surface area contributed by atoms with Gasteiger partial charge < -0.3 is 19.4 Å². The highest BCUT2D eigenvalue weighted by Crippen LogP contribution is 2.38. The average molecular weight is 349 g/mol. The van der Waals surface area contributed by atoms with Gasteiger partial charge in [-0.3, -0.25) is 4.79 Å². The van der Waals surface area contributed by atoms with E-state index in [2.05, 4.69) is 4.98 Å². The van der Waals surface area contributed by atoms with Gasteiger partial charge in [0, 0.05) is 19.2 Å². The Morgan fingerprint density at radius 2 is 2.20 bits per heavy atom. The van der Waals surface area contributed by atoms with Crippen LogP contribution in [0.5, 0.6) is 11.5 Å². The summed E-state index contributed by atoms with van der Waals surface area (Å²) in [6, 6.07) is 4.90. The fourth-order valence-electron chi connectivity index (χ4n) is 3.00. The molecule has 132 valence electrons. The highest BCUT2D eigenvalue weighted by molar-refractivity contribution is 5.88. The summed E-state index contributed by atoms with van der Waals surface area (Å²) in [5, 5.41) is 9.10. The first-order valence-electron chi connectivity index (χ1n) is 7.73. The third kappa shape index (κ3) is 3.03. The number of benzene rings is 1. The highest BCUT2D eigenvalue weighted by Gasteiger charge is 2.46. The quantitative estimate of drug-likeness (QED) is 0.918. The third-order valence-corrected chi connectivity index (χ3v) is 4.29. The van der Waals surface area contributed by atoms with Gasteiger partial charge >= 0.3 is 0 Å². The standard InChI is InChI=1S/C17H17F2N3O3/c1-22-6-5-13(17(18,19)9-22)25-16-12(24-2)4-3-11-14(16)15(23)10(7-20)8-21-11/h3-4,8,13H,5-6,9H2,1-2H3,(H,21,23). The van der Waals surface area contributed by atoms with Gasteiger partial charge in [-0.05, 0) is 19.2 Å². The molecule has 1 aliphatic heterocycles. The van der Waals surface area contributed by atoms with Crippen molar-refractivity contribution < 1.29 is 18.3 Å². The Hall–Kier alpha value is -2.66. The lowest BCUT2D eigenvalue weighted by atomic mass is 10.0. The van der Waals surface area contributed by atoms with Gasteiger partial charge in [-0.25, -0.2) is 8.78 Å². The summed E-state index contributed by atoms with van der Waals surface area (Å²) in [5.74, 6) is -2.96. The minimum absolute atomic E-state index is 0.0353. The van der Waals surface area contributed by atoms with Crippen LogP contribution in [0.1, 0.15) is 12.0 Å². The second-order valence-corrected chi connectivity index (χ2v) is 6.06. The highest BCUT2D eigenvalue weighted by atomic mass is 19.3. The van der Waals surface area contributed by atoms with E-state index in [4.69, 9.17) is 14.7 Å². The van der Waals surface area contributed by atoms with Gasteiger partial charge in [-0.15, -0.1) is 0 Å². The van der Waals surface area contributed by atoms with Crippen LogP contribution in [-0.2, 0) is 0 Å². The topological polar surface area (TPSA) is 78.3 Å². The van der Waals surface area contributed by atoms with Crippen LogP contribution in [0.3, 0.4) is 0 Å². The van der Waals surface area contributed by atoms with Gasteiger partial charge in [-0.1, -0.05) is 0 Å². The van der Waals surface area contributed by atoms with Crippen LogP contribution in [0.25, 0.3) is 10.9 Å². The molecule has 1 aromatic heterocycles. The summed E-state index contributed by atoms with van der Waals surface area (Å²) >= 11 is 0. The van der Waals surface area contributed by atoms with Crippen molar-refractivity contribution in [2.24, 2.45) is 0 Å². The molecule has 1 atom stereocenters. The maximum atomic E-state index is 14.3. The Morgan fingerprint density at radius 1 is 1.44 bits per heavy atom. The second kappa shape index (κ2) is 6.33. The summed E-state index contributed by atoms with van der Waals surface area (Å²) in [6.07, 6.45) is 0.0117. The number of nitriles is 1. The number of nitrogens with zero attached hydrogens (tertiary/aromatic N) is 2. The molecule has 1 aliphatic rings. The molecule has 0 aliphatic carbocycles. The molecule has 0 amide bonds. The van der Waals surface area contributed by atoms with Crippen LogP contribution >= 0.6 is 0 Å². The maximum absolute atomic E-state index is 14.3. The monoisotopic (exact) mass is 349 g/mol. The van der Waals surface area contributed by atoms with E-state index in [1.165, 1.54) is 24.3 Å². The molecule has 6 nitrogen and oxygen atoms in total. The van der Waals surface area contributed by atoms with Crippen LogP contribution in [0.15, 0.2) is 23.1 Å². The Kier molecular flexibility index (Phi) is 4.35. The molecular weight excluding hydrogens is 332 g/mol. The van der Waals surface area contributed by atoms with Gasteiger partial charge in [0.05, 0.1) is 24.6 Å². The lowest BCUT2D eigenvalue weighted by molar-refractivity contribution is -0.135. The molecule has 3 rings (SSSR count). The van der Waals surface area contributed by atoms with E-state index in [0.29, 0.717) is 12.1 Å². The number of hydrogen-bond donors (Lipinski definition) is 1. The molecule has 0 radical (unpaired) electrons. The van der Waals surface area contributed by atoms with Gasteiger partial charge in [0.2, 0.25) is 5.43 Å². The van der Waals surface area contributed by atoms with Crippen LogP contribution in [0, 0.1) is 11.3 Å². The fraction of sp³-hybridized carbons (Fsp3) is 0.412. The van der Waals surface area contributed by atoms with E-state index in [1.54, 1.807) is 19.2 Å². The predicted octanol–water partition coefficient (Wildman–Crippen LogP) is 2.13. The second-order valence-electron chi connectivity index (χ2n) is 6.06. The molecule has 1 N–H and O–H groups in total. The van der Waals surface area contributed by atoms with E-state index >= 15 is 0 Å². The van der Waals surface area contributed by atoms with E-state index in [9.17, 15) is 13.6 Å². The minimum Gasteiger partial charge on any atom is -0.493 e. The predicted molar refractivity (Wildman–Crippen MR) is 87.3 cm³/mol. The van der Waals surface area contributed by atoms with Crippen molar-refractivity contribution in [2.75, 3.05) is 27.2 Å². The number of methoxy groups -OCH3 is 1. The molecule has 1 fully saturated rings. The van der Waals surface area contributed by atoms with Crippen molar-refractivity contribution in [1.29, 1.82) is 5.26 Å². The molecule has 1 saturated heterocycles. The van der Waals surface area contributed by atoms with Crippen molar-refractivity contribution >= 4 is 10.9 Å². The largest absolute Gasteiger partial charge is 0.493 e. The number of nitrogens with one attached hydrogen (secondary N) is 1. The van der Waals surface area contributed by atoms with Crippen molar-refractivity contribution in [3.05, 3.63) is 34.1 Å². The first kappa shape index (κ1) is 17.2. The molecule has 8 heteroatoms. The summed E-state index contributed by atoms with van der Waals surface area (Å²) in [5.41, 5.74) is -0.321. The van der Waals surface area contributed by atoms with Crippen molar-refractivity contribution in [2.45, 2.75) is 18.4 Å². The maximum Gasteiger partial charge on any atom is 0.296 e. The number of likely N-dealkylation sites (tertiary alicyclic amines) is 1. The first-order valence-corrected chi connectivity index (χ1v) is 7.73. The molecule has 2 heterocycles.